The zero-order valence-corrected chi connectivity index (χ0v) is 12.1. The lowest BCUT2D eigenvalue weighted by Gasteiger charge is -2.09. The molecule has 0 fully saturated rings. The molecule has 0 spiro atoms. The fourth-order valence-corrected chi connectivity index (χ4v) is 2.35. The molecule has 0 heterocycles. The molecule has 3 N–H and O–H groups in total. The summed E-state index contributed by atoms with van der Waals surface area (Å²) in [5.74, 6) is -2.54. The highest BCUT2D eigenvalue weighted by atomic mass is 79.9. The number of nitrogen functional groups attached to an aromatic ring is 1. The molecule has 0 unspecified atom stereocenters. The number of amides is 1. The molecule has 0 aliphatic rings. The number of benzene rings is 2. The van der Waals surface area contributed by atoms with Crippen molar-refractivity contribution >= 4 is 33.2 Å². The van der Waals surface area contributed by atoms with E-state index in [9.17, 15) is 13.6 Å². The Labute approximate surface area is 122 Å². The Morgan fingerprint density at radius 3 is 2.50 bits per heavy atom. The summed E-state index contributed by atoms with van der Waals surface area (Å²) in [5.41, 5.74) is 6.19. The van der Waals surface area contributed by atoms with Gasteiger partial charge in [0, 0.05) is 16.2 Å². The van der Waals surface area contributed by atoms with Crippen molar-refractivity contribution in [3.05, 3.63) is 57.6 Å². The molecule has 0 aliphatic heterocycles. The largest absolute Gasteiger partial charge is 0.396 e. The first-order valence-corrected chi connectivity index (χ1v) is 6.49. The topological polar surface area (TPSA) is 55.1 Å². The molecular formula is C14H11BrF2N2O. The first-order valence-electron chi connectivity index (χ1n) is 5.70. The summed E-state index contributed by atoms with van der Waals surface area (Å²) in [7, 11) is 0. The highest BCUT2D eigenvalue weighted by molar-refractivity contribution is 9.10. The average Bonchev–Trinajstić information content (AvgIpc) is 2.32. The first-order chi connectivity index (χ1) is 9.36. The van der Waals surface area contributed by atoms with Gasteiger partial charge in [-0.25, -0.2) is 8.78 Å². The van der Waals surface area contributed by atoms with E-state index in [2.05, 4.69) is 21.2 Å². The standard InChI is InChI=1S/C14H11BrF2N2O/c1-7-2-8(15)4-9(3-7)19-14(20)10-5-13(18)12(17)6-11(10)16/h2-6H,18H2,1H3,(H,19,20). The number of carbonyl (C=O) groups excluding carboxylic acids is 1. The summed E-state index contributed by atoms with van der Waals surface area (Å²) >= 11 is 3.30. The molecule has 2 rings (SSSR count). The molecule has 20 heavy (non-hydrogen) atoms. The molecule has 1 amide bonds. The molecule has 0 aliphatic carbocycles. The van der Waals surface area contributed by atoms with E-state index in [1.54, 1.807) is 12.1 Å². The Bertz CT molecular complexity index is 669. The minimum absolute atomic E-state index is 0.276. The van der Waals surface area contributed by atoms with E-state index in [1.807, 2.05) is 13.0 Å². The second-order valence-corrected chi connectivity index (χ2v) is 5.24. The first kappa shape index (κ1) is 14.5. The summed E-state index contributed by atoms with van der Waals surface area (Å²) in [5, 5.41) is 2.54. The Morgan fingerprint density at radius 2 is 1.85 bits per heavy atom. The van der Waals surface area contributed by atoms with Crippen molar-refractivity contribution in [1.82, 2.24) is 0 Å². The van der Waals surface area contributed by atoms with Crippen LogP contribution in [0.25, 0.3) is 0 Å². The van der Waals surface area contributed by atoms with E-state index < -0.39 is 17.5 Å². The summed E-state index contributed by atoms with van der Waals surface area (Å²) in [6.07, 6.45) is 0. The van der Waals surface area contributed by atoms with Crippen LogP contribution in [0, 0.1) is 18.6 Å². The number of anilines is 2. The Balaban J connectivity index is 2.30. The lowest BCUT2D eigenvalue weighted by atomic mass is 10.1. The van der Waals surface area contributed by atoms with Crippen molar-refractivity contribution in [1.29, 1.82) is 0 Å². The Morgan fingerprint density at radius 1 is 1.15 bits per heavy atom. The van der Waals surface area contributed by atoms with Gasteiger partial charge in [0.15, 0.2) is 0 Å². The van der Waals surface area contributed by atoms with Crippen LogP contribution in [0.3, 0.4) is 0 Å². The maximum atomic E-state index is 13.6. The Kier molecular flexibility index (Phi) is 4.04. The smallest absolute Gasteiger partial charge is 0.258 e. The molecule has 0 radical (unpaired) electrons. The van der Waals surface area contributed by atoms with Crippen LogP contribution >= 0.6 is 15.9 Å². The van der Waals surface area contributed by atoms with E-state index in [-0.39, 0.29) is 11.3 Å². The number of hydrogen-bond donors (Lipinski definition) is 2. The fraction of sp³-hybridized carbons (Fsp3) is 0.0714. The SMILES string of the molecule is Cc1cc(Br)cc(NC(=O)c2cc(N)c(F)cc2F)c1. The molecule has 2 aromatic rings. The van der Waals surface area contributed by atoms with Crippen LogP contribution in [-0.2, 0) is 0 Å². The zero-order valence-electron chi connectivity index (χ0n) is 10.5. The van der Waals surface area contributed by atoms with Crippen molar-refractivity contribution in [3.63, 3.8) is 0 Å². The molecule has 2 aromatic carbocycles. The molecule has 0 saturated heterocycles. The Hall–Kier alpha value is -1.95. The molecule has 6 heteroatoms. The third-order valence-electron chi connectivity index (χ3n) is 2.63. The minimum Gasteiger partial charge on any atom is -0.396 e. The molecule has 0 aromatic heterocycles. The van der Waals surface area contributed by atoms with Gasteiger partial charge in [-0.1, -0.05) is 15.9 Å². The number of carbonyl (C=O) groups is 1. The van der Waals surface area contributed by atoms with Crippen LogP contribution in [0.5, 0.6) is 0 Å². The summed E-state index contributed by atoms with van der Waals surface area (Å²) < 4.78 is 27.4. The summed E-state index contributed by atoms with van der Waals surface area (Å²) in [4.78, 5) is 12.0. The maximum Gasteiger partial charge on any atom is 0.258 e. The van der Waals surface area contributed by atoms with Crippen molar-refractivity contribution < 1.29 is 13.6 Å². The van der Waals surface area contributed by atoms with Gasteiger partial charge in [-0.2, -0.15) is 0 Å². The third kappa shape index (κ3) is 3.14. The molecule has 0 saturated carbocycles. The highest BCUT2D eigenvalue weighted by Crippen LogP contribution is 2.21. The van der Waals surface area contributed by atoms with Gasteiger partial charge < -0.3 is 11.1 Å². The fourth-order valence-electron chi connectivity index (χ4n) is 1.75. The number of nitrogens with one attached hydrogen (secondary N) is 1. The van der Waals surface area contributed by atoms with Crippen LogP contribution in [0.4, 0.5) is 20.2 Å². The highest BCUT2D eigenvalue weighted by Gasteiger charge is 2.15. The van der Waals surface area contributed by atoms with Crippen LogP contribution in [-0.4, -0.2) is 5.91 Å². The molecular weight excluding hydrogens is 330 g/mol. The lowest BCUT2D eigenvalue weighted by molar-refractivity contribution is 0.102. The second-order valence-electron chi connectivity index (χ2n) is 4.32. The van der Waals surface area contributed by atoms with Gasteiger partial charge in [-0.15, -0.1) is 0 Å². The number of rotatable bonds is 2. The minimum atomic E-state index is -0.957. The van der Waals surface area contributed by atoms with Gasteiger partial charge in [0.05, 0.1) is 11.3 Å². The van der Waals surface area contributed by atoms with Gasteiger partial charge in [-0.05, 0) is 36.8 Å². The van der Waals surface area contributed by atoms with E-state index in [1.165, 1.54) is 0 Å². The number of nitrogens with two attached hydrogens (primary N) is 1. The van der Waals surface area contributed by atoms with Gasteiger partial charge in [0.25, 0.3) is 5.91 Å². The number of hydrogen-bond acceptors (Lipinski definition) is 2. The van der Waals surface area contributed by atoms with Crippen molar-refractivity contribution in [2.75, 3.05) is 11.1 Å². The molecule has 3 nitrogen and oxygen atoms in total. The van der Waals surface area contributed by atoms with Crippen LogP contribution < -0.4 is 11.1 Å². The van der Waals surface area contributed by atoms with Crippen LogP contribution in [0.1, 0.15) is 15.9 Å². The van der Waals surface area contributed by atoms with Crippen molar-refractivity contribution in [2.24, 2.45) is 0 Å². The quantitative estimate of drug-likeness (QED) is 0.815. The van der Waals surface area contributed by atoms with Crippen LogP contribution in [0.2, 0.25) is 0 Å². The molecule has 104 valence electrons. The zero-order chi connectivity index (χ0) is 14.9. The van der Waals surface area contributed by atoms with Gasteiger partial charge in [-0.3, -0.25) is 4.79 Å². The monoisotopic (exact) mass is 340 g/mol. The summed E-state index contributed by atoms with van der Waals surface area (Å²) in [6, 6.07) is 6.84. The van der Waals surface area contributed by atoms with E-state index >= 15 is 0 Å². The normalized spacial score (nSPS) is 10.4. The maximum absolute atomic E-state index is 13.6. The molecule has 0 atom stereocenters. The van der Waals surface area contributed by atoms with Gasteiger partial charge in [0.2, 0.25) is 0 Å². The van der Waals surface area contributed by atoms with E-state index in [0.29, 0.717) is 11.8 Å². The average molecular weight is 341 g/mol. The van der Waals surface area contributed by atoms with Crippen LogP contribution in [0.15, 0.2) is 34.8 Å². The van der Waals surface area contributed by atoms with Gasteiger partial charge in [0.1, 0.15) is 11.6 Å². The van der Waals surface area contributed by atoms with Gasteiger partial charge >= 0.3 is 0 Å². The second kappa shape index (κ2) is 5.58. The molecule has 0 bridgehead atoms. The van der Waals surface area contributed by atoms with E-state index in [0.717, 1.165) is 16.1 Å². The number of halogens is 3. The van der Waals surface area contributed by atoms with E-state index in [4.69, 9.17) is 5.73 Å². The summed E-state index contributed by atoms with van der Waals surface area (Å²) in [6.45, 7) is 1.86. The lowest BCUT2D eigenvalue weighted by Crippen LogP contribution is -2.15. The van der Waals surface area contributed by atoms with Crippen molar-refractivity contribution in [2.45, 2.75) is 6.92 Å². The third-order valence-corrected chi connectivity index (χ3v) is 3.09. The predicted octanol–water partition coefficient (Wildman–Crippen LogP) is 3.87. The predicted molar refractivity (Wildman–Crippen MR) is 77.6 cm³/mol. The van der Waals surface area contributed by atoms with Crippen molar-refractivity contribution in [3.8, 4) is 0 Å². The number of aryl methyl sites for hydroxylation is 1.